The maximum absolute atomic E-state index is 13.5. The van der Waals surface area contributed by atoms with Crippen molar-refractivity contribution in [3.63, 3.8) is 0 Å². The number of para-hydroxylation sites is 2. The molecular formula is C26H34N2O5S. The molecule has 8 heteroatoms. The van der Waals surface area contributed by atoms with Crippen molar-refractivity contribution in [3.8, 4) is 23.8 Å². The molecule has 1 aliphatic rings. The Hall–Kier alpha value is -2.57. The van der Waals surface area contributed by atoms with Crippen molar-refractivity contribution in [3.05, 3.63) is 46.2 Å². The summed E-state index contributed by atoms with van der Waals surface area (Å²) in [4.78, 5) is 18.7. The minimum absolute atomic E-state index is 0.0238. The molecule has 1 amide bonds. The Morgan fingerprint density at radius 1 is 1.35 bits per heavy atom. The highest BCUT2D eigenvalue weighted by Crippen LogP contribution is 2.35. The van der Waals surface area contributed by atoms with E-state index in [9.17, 15) is 9.90 Å². The Kier molecular flexibility index (Phi) is 10.2. The van der Waals surface area contributed by atoms with Crippen molar-refractivity contribution in [2.75, 3.05) is 53.1 Å². The highest BCUT2D eigenvalue weighted by molar-refractivity contribution is 7.10. The molecule has 0 spiro atoms. The molecule has 184 valence electrons. The zero-order valence-electron chi connectivity index (χ0n) is 19.9. The number of carbonyl (C=O) groups excluding carboxylic acids is 1. The van der Waals surface area contributed by atoms with E-state index in [1.54, 1.807) is 18.4 Å². The predicted octanol–water partition coefficient (Wildman–Crippen LogP) is 2.98. The largest absolute Gasteiger partial charge is 0.493 e. The van der Waals surface area contributed by atoms with Gasteiger partial charge in [0.1, 0.15) is 13.2 Å². The van der Waals surface area contributed by atoms with Gasteiger partial charge in [-0.1, -0.05) is 25.0 Å². The van der Waals surface area contributed by atoms with Crippen LogP contribution in [0.15, 0.2) is 35.7 Å². The lowest BCUT2D eigenvalue weighted by Gasteiger charge is -2.37. The van der Waals surface area contributed by atoms with Crippen molar-refractivity contribution in [2.24, 2.45) is 0 Å². The topological polar surface area (TPSA) is 71.5 Å². The van der Waals surface area contributed by atoms with Crippen LogP contribution in [0.5, 0.6) is 11.5 Å². The third-order valence-corrected chi connectivity index (χ3v) is 6.74. The lowest BCUT2D eigenvalue weighted by molar-refractivity contribution is -0.136. The molecule has 1 aliphatic heterocycles. The first-order chi connectivity index (χ1) is 16.6. The Morgan fingerprint density at radius 3 is 2.88 bits per heavy atom. The van der Waals surface area contributed by atoms with Crippen molar-refractivity contribution in [2.45, 2.75) is 31.9 Å². The van der Waals surface area contributed by atoms with Crippen LogP contribution in [-0.4, -0.2) is 80.0 Å². The van der Waals surface area contributed by atoms with E-state index in [0.29, 0.717) is 37.7 Å². The molecule has 34 heavy (non-hydrogen) atoms. The van der Waals surface area contributed by atoms with Crippen LogP contribution >= 0.6 is 11.3 Å². The van der Waals surface area contributed by atoms with Crippen LogP contribution in [0.4, 0.5) is 0 Å². The Bertz CT molecular complexity index is 957. The molecule has 0 fully saturated rings. The van der Waals surface area contributed by atoms with Gasteiger partial charge < -0.3 is 24.2 Å². The SMILES string of the molecule is C#CCOC[C@H](O)CN(CCC)CC(=O)N1CCc2sccc2[C@@H]1COc1ccccc1OC. The molecular weight excluding hydrogens is 452 g/mol. The number of hydrogen-bond donors (Lipinski definition) is 1. The lowest BCUT2D eigenvalue weighted by Crippen LogP contribution is -2.48. The summed E-state index contributed by atoms with van der Waals surface area (Å²) in [5, 5.41) is 12.4. The number of carbonyl (C=O) groups is 1. The molecule has 0 unspecified atom stereocenters. The van der Waals surface area contributed by atoms with Crippen LogP contribution in [0.25, 0.3) is 0 Å². The third-order valence-electron chi connectivity index (χ3n) is 5.74. The molecule has 2 heterocycles. The molecule has 0 aliphatic carbocycles. The number of terminal acetylenes is 1. The summed E-state index contributed by atoms with van der Waals surface area (Å²) in [5.41, 5.74) is 1.14. The number of aliphatic hydroxyl groups is 1. The number of amides is 1. The number of nitrogens with zero attached hydrogens (tertiary/aromatic N) is 2. The fourth-order valence-corrected chi connectivity index (χ4v) is 5.15. The number of methoxy groups -OCH3 is 1. The van der Waals surface area contributed by atoms with Crippen molar-refractivity contribution < 1.29 is 24.1 Å². The maximum Gasteiger partial charge on any atom is 0.237 e. The molecule has 7 nitrogen and oxygen atoms in total. The Balaban J connectivity index is 1.69. The van der Waals surface area contributed by atoms with Gasteiger partial charge in [-0.05, 0) is 48.5 Å². The molecule has 1 aromatic heterocycles. The zero-order valence-corrected chi connectivity index (χ0v) is 20.8. The van der Waals surface area contributed by atoms with Crippen molar-refractivity contribution in [1.29, 1.82) is 0 Å². The number of thiophene rings is 1. The van der Waals surface area contributed by atoms with Gasteiger partial charge in [0.2, 0.25) is 5.91 Å². The monoisotopic (exact) mass is 486 g/mol. The molecule has 0 saturated carbocycles. The number of rotatable bonds is 13. The fourth-order valence-electron chi connectivity index (χ4n) is 4.22. The van der Waals surface area contributed by atoms with Gasteiger partial charge in [-0.25, -0.2) is 0 Å². The van der Waals surface area contributed by atoms with Crippen LogP contribution < -0.4 is 9.47 Å². The minimum Gasteiger partial charge on any atom is -0.493 e. The first kappa shape index (κ1) is 26.0. The molecule has 2 atom stereocenters. The summed E-state index contributed by atoms with van der Waals surface area (Å²) in [7, 11) is 1.62. The van der Waals surface area contributed by atoms with Gasteiger partial charge in [0.25, 0.3) is 0 Å². The Labute approximate surface area is 206 Å². The molecule has 0 radical (unpaired) electrons. The standard InChI is InChI=1S/C26H34N2O5S/c1-4-12-27(16-20(29)18-32-14-5-2)17-26(30)28-13-10-25-21(11-15-34-25)22(28)19-33-24-9-7-6-8-23(24)31-3/h2,6-9,11,15,20,22,29H,4,10,12-14,16-19H2,1,3H3/t20-,22+/m1/s1. The zero-order chi connectivity index (χ0) is 24.3. The van der Waals surface area contributed by atoms with Gasteiger partial charge in [-0.3, -0.25) is 9.69 Å². The summed E-state index contributed by atoms with van der Waals surface area (Å²) in [5.74, 6) is 3.73. The summed E-state index contributed by atoms with van der Waals surface area (Å²) in [6.45, 7) is 4.63. The van der Waals surface area contributed by atoms with Crippen molar-refractivity contribution in [1.82, 2.24) is 9.80 Å². The molecule has 3 rings (SSSR count). The van der Waals surface area contributed by atoms with Gasteiger partial charge in [-0.15, -0.1) is 17.8 Å². The molecule has 1 aromatic carbocycles. The first-order valence-corrected chi connectivity index (χ1v) is 12.5. The van der Waals surface area contributed by atoms with E-state index in [0.717, 1.165) is 18.4 Å². The maximum atomic E-state index is 13.5. The highest BCUT2D eigenvalue weighted by atomic mass is 32.1. The number of benzene rings is 1. The van der Waals surface area contributed by atoms with Crippen LogP contribution in [0.2, 0.25) is 0 Å². The fraction of sp³-hybridized carbons (Fsp3) is 0.500. The average molecular weight is 487 g/mol. The summed E-state index contributed by atoms with van der Waals surface area (Å²) in [6, 6.07) is 9.43. The number of ether oxygens (including phenoxy) is 3. The molecule has 0 bridgehead atoms. The van der Waals surface area contributed by atoms with Crippen molar-refractivity contribution >= 4 is 17.2 Å². The van der Waals surface area contributed by atoms with Crippen LogP contribution in [0.1, 0.15) is 29.8 Å². The number of aliphatic hydroxyl groups excluding tert-OH is 1. The van der Waals surface area contributed by atoms with Gasteiger partial charge in [0.05, 0.1) is 32.4 Å². The highest BCUT2D eigenvalue weighted by Gasteiger charge is 2.33. The van der Waals surface area contributed by atoms with E-state index in [-0.39, 0.29) is 31.7 Å². The number of hydrogen-bond acceptors (Lipinski definition) is 7. The van der Waals surface area contributed by atoms with E-state index in [1.807, 2.05) is 34.1 Å². The van der Waals surface area contributed by atoms with Crippen LogP contribution in [-0.2, 0) is 16.0 Å². The summed E-state index contributed by atoms with van der Waals surface area (Å²) < 4.78 is 16.8. The van der Waals surface area contributed by atoms with Gasteiger partial charge >= 0.3 is 0 Å². The quantitative estimate of drug-likeness (QED) is 0.347. The predicted molar refractivity (Wildman–Crippen MR) is 133 cm³/mol. The Morgan fingerprint density at radius 2 is 2.15 bits per heavy atom. The van der Waals surface area contributed by atoms with Gasteiger partial charge in [-0.2, -0.15) is 0 Å². The lowest BCUT2D eigenvalue weighted by atomic mass is 10.0. The van der Waals surface area contributed by atoms with E-state index in [4.69, 9.17) is 20.6 Å². The van der Waals surface area contributed by atoms with Crippen LogP contribution in [0, 0.1) is 12.3 Å². The first-order valence-electron chi connectivity index (χ1n) is 11.6. The third kappa shape index (κ3) is 6.97. The van der Waals surface area contributed by atoms with Gasteiger partial charge in [0.15, 0.2) is 11.5 Å². The average Bonchev–Trinajstić information content (AvgIpc) is 3.32. The van der Waals surface area contributed by atoms with E-state index in [2.05, 4.69) is 24.3 Å². The molecule has 2 aromatic rings. The van der Waals surface area contributed by atoms with E-state index >= 15 is 0 Å². The second kappa shape index (κ2) is 13.4. The number of fused-ring (bicyclic) bond motifs is 1. The second-order valence-corrected chi connectivity index (χ2v) is 9.22. The van der Waals surface area contributed by atoms with Gasteiger partial charge in [0, 0.05) is 18.0 Å². The van der Waals surface area contributed by atoms with E-state index in [1.165, 1.54) is 4.88 Å². The minimum atomic E-state index is -0.706. The summed E-state index contributed by atoms with van der Waals surface area (Å²) >= 11 is 1.72. The summed E-state index contributed by atoms with van der Waals surface area (Å²) in [6.07, 6.45) is 6.20. The second-order valence-electron chi connectivity index (χ2n) is 8.22. The smallest absolute Gasteiger partial charge is 0.237 e. The molecule has 1 N–H and O–H groups in total. The van der Waals surface area contributed by atoms with Crippen LogP contribution in [0.3, 0.4) is 0 Å². The molecule has 0 saturated heterocycles. The van der Waals surface area contributed by atoms with E-state index < -0.39 is 6.10 Å². The normalized spacial score (nSPS) is 16.1.